The molecule has 1 aliphatic heterocycles. The molecule has 0 aliphatic carbocycles. The van der Waals surface area contributed by atoms with Gasteiger partial charge in [-0.05, 0) is 17.7 Å². The first-order valence-corrected chi connectivity index (χ1v) is 6.88. The van der Waals surface area contributed by atoms with Crippen molar-refractivity contribution in [1.29, 1.82) is 0 Å². The van der Waals surface area contributed by atoms with Gasteiger partial charge < -0.3 is 9.64 Å². The molecule has 0 aromatic heterocycles. The first-order chi connectivity index (χ1) is 9.02. The van der Waals surface area contributed by atoms with Crippen molar-refractivity contribution < 1.29 is 9.53 Å². The zero-order valence-corrected chi connectivity index (χ0v) is 12.7. The van der Waals surface area contributed by atoms with Gasteiger partial charge in [-0.3, -0.25) is 4.79 Å². The smallest absolute Gasteiger partial charge is 0.248 e. The average molecular weight is 325 g/mol. The Bertz CT molecular complexity index is 496. The Morgan fingerprint density at radius 1 is 1.53 bits per heavy atom. The summed E-state index contributed by atoms with van der Waals surface area (Å²) in [5, 5.41) is 0. The van der Waals surface area contributed by atoms with Gasteiger partial charge in [0.2, 0.25) is 5.91 Å². The predicted molar refractivity (Wildman–Crippen MR) is 78.4 cm³/mol. The van der Waals surface area contributed by atoms with Crippen LogP contribution in [0.25, 0.3) is 0 Å². The van der Waals surface area contributed by atoms with Crippen molar-refractivity contribution in [2.75, 3.05) is 27.3 Å². The zero-order chi connectivity index (χ0) is 13.9. The van der Waals surface area contributed by atoms with Crippen LogP contribution in [0, 0.1) is 0 Å². The maximum Gasteiger partial charge on any atom is 0.248 e. The minimum atomic E-state index is -0.218. The number of nitrogens with zero attached hydrogens (tertiary/aromatic N) is 2. The van der Waals surface area contributed by atoms with Crippen LogP contribution < -0.4 is 0 Å². The summed E-state index contributed by atoms with van der Waals surface area (Å²) in [5.74, 6) is -0.114. The second kappa shape index (κ2) is 5.84. The number of rotatable bonds is 4. The Hall–Kier alpha value is -1.20. The first kappa shape index (κ1) is 14.2. The molecule has 0 N–H and O–H groups in total. The summed E-state index contributed by atoms with van der Waals surface area (Å²) >= 11 is 3.46. The lowest BCUT2D eigenvalue weighted by Crippen LogP contribution is -2.48. The molecule has 2 rings (SSSR count). The summed E-state index contributed by atoms with van der Waals surface area (Å²) in [6.07, 6.45) is 1.92. The molecule has 0 atom stereocenters. The fourth-order valence-electron chi connectivity index (χ4n) is 2.05. The highest BCUT2D eigenvalue weighted by Crippen LogP contribution is 2.37. The topological polar surface area (TPSA) is 41.9 Å². The Morgan fingerprint density at radius 2 is 2.26 bits per heavy atom. The van der Waals surface area contributed by atoms with Gasteiger partial charge in [-0.1, -0.05) is 28.1 Å². The minimum Gasteiger partial charge on any atom is -0.379 e. The maximum absolute atomic E-state index is 11.9. The Morgan fingerprint density at radius 3 is 2.79 bits per heavy atom. The summed E-state index contributed by atoms with van der Waals surface area (Å²) < 4.78 is 6.34. The molecule has 5 heteroatoms. The number of amides is 1. The van der Waals surface area contributed by atoms with Gasteiger partial charge in [-0.15, -0.1) is 0 Å². The van der Waals surface area contributed by atoms with Crippen molar-refractivity contribution in [3.8, 4) is 0 Å². The largest absolute Gasteiger partial charge is 0.379 e. The Kier molecular flexibility index (Phi) is 4.37. The highest BCUT2D eigenvalue weighted by Gasteiger charge is 2.42. The van der Waals surface area contributed by atoms with Crippen LogP contribution in [0.3, 0.4) is 0 Å². The van der Waals surface area contributed by atoms with E-state index in [1.54, 1.807) is 4.90 Å². The van der Waals surface area contributed by atoms with E-state index in [-0.39, 0.29) is 11.3 Å². The van der Waals surface area contributed by atoms with E-state index >= 15 is 0 Å². The van der Waals surface area contributed by atoms with Crippen LogP contribution in [0.15, 0.2) is 33.7 Å². The molecular weight excluding hydrogens is 308 g/mol. The number of aliphatic imine (C=N–C) groups is 1. The normalized spacial score (nSPS) is 17.2. The van der Waals surface area contributed by atoms with Crippen molar-refractivity contribution in [2.24, 2.45) is 4.99 Å². The second-order valence-corrected chi connectivity index (χ2v) is 5.98. The number of halogens is 1. The molecule has 19 heavy (non-hydrogen) atoms. The number of carbonyl (C=O) groups excluding carboxylic acids is 1. The number of hydrogen-bond acceptors (Lipinski definition) is 2. The molecule has 0 spiro atoms. The third-order valence-electron chi connectivity index (χ3n) is 3.12. The van der Waals surface area contributed by atoms with Crippen LogP contribution in [-0.4, -0.2) is 44.5 Å². The molecule has 0 radical (unpaired) electrons. The van der Waals surface area contributed by atoms with Crippen LogP contribution in [-0.2, 0) is 14.9 Å². The third-order valence-corrected chi connectivity index (χ3v) is 3.61. The number of benzene rings is 1. The summed E-state index contributed by atoms with van der Waals surface area (Å²) in [4.78, 5) is 17.6. The molecule has 0 saturated carbocycles. The van der Waals surface area contributed by atoms with Gasteiger partial charge >= 0.3 is 0 Å². The van der Waals surface area contributed by atoms with E-state index in [2.05, 4.69) is 20.9 Å². The van der Waals surface area contributed by atoms with Crippen molar-refractivity contribution in [1.82, 2.24) is 4.90 Å². The van der Waals surface area contributed by atoms with Crippen molar-refractivity contribution in [3.63, 3.8) is 0 Å². The summed E-state index contributed by atoms with van der Waals surface area (Å²) in [6.45, 7) is 1.15. The lowest BCUT2D eigenvalue weighted by atomic mass is 9.76. The zero-order valence-electron chi connectivity index (χ0n) is 11.1. The molecule has 1 fully saturated rings. The van der Waals surface area contributed by atoms with E-state index in [1.807, 2.05) is 38.4 Å². The third kappa shape index (κ3) is 3.42. The van der Waals surface area contributed by atoms with Gasteiger partial charge in [0.15, 0.2) is 0 Å². The molecule has 1 saturated heterocycles. The number of carbonyl (C=O) groups is 1. The molecule has 4 nitrogen and oxygen atoms in total. The molecule has 102 valence electrons. The van der Waals surface area contributed by atoms with Crippen LogP contribution >= 0.6 is 15.9 Å². The minimum absolute atomic E-state index is 0.114. The summed E-state index contributed by atoms with van der Waals surface area (Å²) in [7, 11) is 3.68. The van der Waals surface area contributed by atoms with Crippen molar-refractivity contribution in [2.45, 2.75) is 11.8 Å². The Labute approximate surface area is 121 Å². The molecule has 1 aromatic carbocycles. The lowest BCUT2D eigenvalue weighted by Gasteiger charge is -2.41. The Balaban J connectivity index is 2.13. The van der Waals surface area contributed by atoms with Crippen LogP contribution in [0.5, 0.6) is 0 Å². The van der Waals surface area contributed by atoms with Gasteiger partial charge in [-0.25, -0.2) is 4.99 Å². The monoisotopic (exact) mass is 324 g/mol. The molecule has 1 amide bonds. The van der Waals surface area contributed by atoms with Crippen LogP contribution in [0.1, 0.15) is 12.0 Å². The fourth-order valence-corrected chi connectivity index (χ4v) is 2.45. The van der Waals surface area contributed by atoms with Crippen molar-refractivity contribution >= 4 is 28.2 Å². The van der Waals surface area contributed by atoms with E-state index in [1.165, 1.54) is 6.34 Å². The van der Waals surface area contributed by atoms with Gasteiger partial charge in [0.25, 0.3) is 0 Å². The SMILES string of the molecule is CN(C)C=NC(=O)CC1(c2cccc(Br)c2)COC1. The van der Waals surface area contributed by atoms with Gasteiger partial charge in [0.1, 0.15) is 0 Å². The maximum atomic E-state index is 11.9. The highest BCUT2D eigenvalue weighted by atomic mass is 79.9. The highest BCUT2D eigenvalue weighted by molar-refractivity contribution is 9.10. The second-order valence-electron chi connectivity index (χ2n) is 5.06. The lowest BCUT2D eigenvalue weighted by molar-refractivity contribution is -0.126. The first-order valence-electron chi connectivity index (χ1n) is 6.09. The number of ether oxygens (including phenoxy) is 1. The van der Waals surface area contributed by atoms with Gasteiger partial charge in [0.05, 0.1) is 25.0 Å². The molecule has 0 bridgehead atoms. The van der Waals surface area contributed by atoms with Gasteiger partial charge in [0, 0.05) is 25.0 Å². The standard InChI is InChI=1S/C14H17BrN2O2/c1-17(2)10-16-13(18)7-14(8-19-9-14)11-4-3-5-12(15)6-11/h3-6,10H,7-9H2,1-2H3. The molecule has 0 unspecified atom stereocenters. The molecule has 1 aliphatic rings. The predicted octanol–water partition coefficient (Wildman–Crippen LogP) is 2.22. The summed E-state index contributed by atoms with van der Waals surface area (Å²) in [5.41, 5.74) is 0.909. The summed E-state index contributed by atoms with van der Waals surface area (Å²) in [6, 6.07) is 8.04. The fraction of sp³-hybridized carbons (Fsp3) is 0.429. The van der Waals surface area contributed by atoms with E-state index in [4.69, 9.17) is 4.74 Å². The van der Waals surface area contributed by atoms with E-state index < -0.39 is 0 Å². The molecule has 1 aromatic rings. The van der Waals surface area contributed by atoms with E-state index in [9.17, 15) is 4.79 Å². The average Bonchev–Trinajstić information content (AvgIpc) is 2.31. The molecular formula is C14H17BrN2O2. The number of hydrogen-bond donors (Lipinski definition) is 0. The van der Waals surface area contributed by atoms with Crippen LogP contribution in [0.4, 0.5) is 0 Å². The molecule has 1 heterocycles. The van der Waals surface area contributed by atoms with Crippen LogP contribution in [0.2, 0.25) is 0 Å². The van der Waals surface area contributed by atoms with E-state index in [0.717, 1.165) is 10.0 Å². The van der Waals surface area contributed by atoms with Gasteiger partial charge in [-0.2, -0.15) is 0 Å². The quantitative estimate of drug-likeness (QED) is 0.630. The van der Waals surface area contributed by atoms with E-state index in [0.29, 0.717) is 19.6 Å². The van der Waals surface area contributed by atoms with Crippen molar-refractivity contribution in [3.05, 3.63) is 34.3 Å².